The van der Waals surface area contributed by atoms with Crippen LogP contribution in [-0.4, -0.2) is 63.5 Å². The number of methoxy groups -OCH3 is 2. The third-order valence-corrected chi connectivity index (χ3v) is 6.85. The molecule has 8 heteroatoms. The van der Waals surface area contributed by atoms with E-state index in [1.807, 2.05) is 18.0 Å². The van der Waals surface area contributed by atoms with Gasteiger partial charge >= 0.3 is 0 Å². The topological polar surface area (TPSA) is 79.4 Å². The van der Waals surface area contributed by atoms with Gasteiger partial charge in [-0.3, -0.25) is 14.4 Å². The standard InChI is InChI=1S/C27H33N3O5/c1-5-6-14-28(2)25(31)18-9-8-15-29(17-18)21-11-7-10-20-24(21)27(33)30(26(20)32)19-12-13-22(34-3)23(16-19)35-4/h7,10-13,16,18H,5-6,8-9,14-15,17H2,1-4H3/t18-/m1/s1. The molecule has 8 nitrogen and oxygen atoms in total. The molecule has 35 heavy (non-hydrogen) atoms. The Morgan fingerprint density at radius 1 is 1.09 bits per heavy atom. The van der Waals surface area contributed by atoms with Gasteiger partial charge in [0.05, 0.1) is 42.6 Å². The van der Waals surface area contributed by atoms with E-state index in [1.54, 1.807) is 30.3 Å². The Morgan fingerprint density at radius 2 is 1.86 bits per heavy atom. The third-order valence-electron chi connectivity index (χ3n) is 6.85. The Morgan fingerprint density at radius 3 is 2.57 bits per heavy atom. The van der Waals surface area contributed by atoms with Crippen molar-refractivity contribution in [1.29, 1.82) is 0 Å². The van der Waals surface area contributed by atoms with E-state index in [1.165, 1.54) is 19.1 Å². The van der Waals surface area contributed by atoms with Gasteiger partial charge in [0.2, 0.25) is 5.91 Å². The fourth-order valence-electron chi connectivity index (χ4n) is 4.94. The lowest BCUT2D eigenvalue weighted by atomic mass is 9.95. The van der Waals surface area contributed by atoms with Crippen molar-refractivity contribution in [2.24, 2.45) is 5.92 Å². The van der Waals surface area contributed by atoms with Crippen molar-refractivity contribution in [3.63, 3.8) is 0 Å². The summed E-state index contributed by atoms with van der Waals surface area (Å²) in [5, 5.41) is 0. The van der Waals surface area contributed by atoms with Crippen molar-refractivity contribution in [3.05, 3.63) is 47.5 Å². The Hall–Kier alpha value is -3.55. The molecule has 0 radical (unpaired) electrons. The van der Waals surface area contributed by atoms with Gasteiger partial charge in [0, 0.05) is 32.7 Å². The number of imide groups is 1. The number of nitrogens with zero attached hydrogens (tertiary/aromatic N) is 3. The van der Waals surface area contributed by atoms with E-state index in [0.29, 0.717) is 40.5 Å². The summed E-state index contributed by atoms with van der Waals surface area (Å²) < 4.78 is 10.6. The van der Waals surface area contributed by atoms with Gasteiger partial charge < -0.3 is 19.3 Å². The SMILES string of the molecule is CCCCN(C)C(=O)[C@@H]1CCCN(c2cccc3c2C(=O)N(c2ccc(OC)c(OC)c2)C3=O)C1. The van der Waals surface area contributed by atoms with Crippen molar-refractivity contribution in [3.8, 4) is 11.5 Å². The second-order valence-corrected chi connectivity index (χ2v) is 9.08. The van der Waals surface area contributed by atoms with Gasteiger partial charge in [-0.25, -0.2) is 4.90 Å². The zero-order valence-electron chi connectivity index (χ0n) is 20.9. The van der Waals surface area contributed by atoms with Crippen LogP contribution in [0.15, 0.2) is 36.4 Å². The molecule has 2 heterocycles. The lowest BCUT2D eigenvalue weighted by Gasteiger charge is -2.36. The van der Waals surface area contributed by atoms with E-state index in [4.69, 9.17) is 9.47 Å². The maximum absolute atomic E-state index is 13.6. The first-order valence-electron chi connectivity index (χ1n) is 12.1. The van der Waals surface area contributed by atoms with Gasteiger partial charge in [-0.1, -0.05) is 19.4 Å². The highest BCUT2D eigenvalue weighted by Crippen LogP contribution is 2.39. The molecule has 2 aromatic rings. The quantitative estimate of drug-likeness (QED) is 0.533. The van der Waals surface area contributed by atoms with Crippen molar-refractivity contribution in [1.82, 2.24) is 4.90 Å². The summed E-state index contributed by atoms with van der Waals surface area (Å²) >= 11 is 0. The molecule has 1 fully saturated rings. The number of hydrogen-bond donors (Lipinski definition) is 0. The van der Waals surface area contributed by atoms with Crippen LogP contribution >= 0.6 is 0 Å². The molecule has 1 saturated heterocycles. The number of hydrogen-bond acceptors (Lipinski definition) is 6. The summed E-state index contributed by atoms with van der Waals surface area (Å²) in [7, 11) is 4.90. The van der Waals surface area contributed by atoms with E-state index in [-0.39, 0.29) is 23.6 Å². The van der Waals surface area contributed by atoms with Crippen LogP contribution in [0.4, 0.5) is 11.4 Å². The van der Waals surface area contributed by atoms with E-state index in [9.17, 15) is 14.4 Å². The fraction of sp³-hybridized carbons (Fsp3) is 0.444. The van der Waals surface area contributed by atoms with Crippen molar-refractivity contribution >= 4 is 29.1 Å². The predicted molar refractivity (Wildman–Crippen MR) is 135 cm³/mol. The Kier molecular flexibility index (Phi) is 7.28. The van der Waals surface area contributed by atoms with E-state index < -0.39 is 0 Å². The summed E-state index contributed by atoms with van der Waals surface area (Å²) in [5.41, 5.74) is 1.89. The summed E-state index contributed by atoms with van der Waals surface area (Å²) in [5.74, 6) is 0.220. The van der Waals surface area contributed by atoms with Gasteiger partial charge in [-0.05, 0) is 43.5 Å². The zero-order chi connectivity index (χ0) is 25.1. The minimum atomic E-state index is -0.374. The van der Waals surface area contributed by atoms with Gasteiger partial charge in [0.15, 0.2) is 11.5 Å². The Bertz CT molecular complexity index is 1130. The lowest BCUT2D eigenvalue weighted by molar-refractivity contribution is -0.134. The third kappa shape index (κ3) is 4.57. The van der Waals surface area contributed by atoms with Gasteiger partial charge in [-0.15, -0.1) is 0 Å². The predicted octanol–water partition coefficient (Wildman–Crippen LogP) is 3.98. The molecule has 0 spiro atoms. The lowest BCUT2D eigenvalue weighted by Crippen LogP contribution is -2.44. The first-order valence-corrected chi connectivity index (χ1v) is 12.1. The molecule has 0 aromatic heterocycles. The van der Waals surface area contributed by atoms with Crippen molar-refractivity contribution < 1.29 is 23.9 Å². The fourth-order valence-corrected chi connectivity index (χ4v) is 4.94. The molecule has 0 N–H and O–H groups in total. The van der Waals surface area contributed by atoms with Crippen LogP contribution in [-0.2, 0) is 4.79 Å². The molecule has 3 amide bonds. The number of rotatable bonds is 8. The first kappa shape index (κ1) is 24.6. The van der Waals surface area contributed by atoms with Gasteiger partial charge in [0.1, 0.15) is 0 Å². The molecule has 4 rings (SSSR count). The maximum atomic E-state index is 13.6. The van der Waals surface area contributed by atoms with Crippen LogP contribution in [0.3, 0.4) is 0 Å². The number of ether oxygens (including phenoxy) is 2. The highest BCUT2D eigenvalue weighted by atomic mass is 16.5. The van der Waals surface area contributed by atoms with Crippen LogP contribution in [0.5, 0.6) is 11.5 Å². The zero-order valence-corrected chi connectivity index (χ0v) is 20.9. The molecule has 186 valence electrons. The average Bonchev–Trinajstić information content (AvgIpc) is 3.16. The second kappa shape index (κ2) is 10.4. The molecular weight excluding hydrogens is 446 g/mol. The number of amides is 3. The molecular formula is C27H33N3O5. The van der Waals surface area contributed by atoms with E-state index >= 15 is 0 Å². The first-order chi connectivity index (χ1) is 16.9. The largest absolute Gasteiger partial charge is 0.493 e. The molecule has 2 aliphatic heterocycles. The van der Waals surface area contributed by atoms with E-state index in [2.05, 4.69) is 11.8 Å². The van der Waals surface area contributed by atoms with Crippen LogP contribution in [0.2, 0.25) is 0 Å². The number of benzene rings is 2. The molecule has 0 saturated carbocycles. The average molecular weight is 480 g/mol. The van der Waals surface area contributed by atoms with E-state index in [0.717, 1.165) is 38.8 Å². The Balaban J connectivity index is 1.61. The molecule has 1 atom stereocenters. The Labute approximate surface area is 206 Å². The summed E-state index contributed by atoms with van der Waals surface area (Å²) in [4.78, 5) is 45.0. The number of fused-ring (bicyclic) bond motifs is 1. The smallest absolute Gasteiger partial charge is 0.268 e. The number of carbonyl (C=O) groups is 3. The van der Waals surface area contributed by atoms with Crippen LogP contribution in [0.25, 0.3) is 0 Å². The van der Waals surface area contributed by atoms with Crippen LogP contribution in [0, 0.1) is 5.92 Å². The van der Waals surface area contributed by atoms with Crippen LogP contribution < -0.4 is 19.3 Å². The summed E-state index contributed by atoms with van der Waals surface area (Å²) in [6, 6.07) is 10.3. The van der Waals surface area contributed by atoms with Crippen molar-refractivity contribution in [2.45, 2.75) is 32.6 Å². The normalized spacial score (nSPS) is 17.4. The number of anilines is 2. The number of carbonyl (C=O) groups excluding carboxylic acids is 3. The van der Waals surface area contributed by atoms with Crippen LogP contribution in [0.1, 0.15) is 53.3 Å². The molecule has 2 aromatic carbocycles. The maximum Gasteiger partial charge on any atom is 0.268 e. The highest BCUT2D eigenvalue weighted by Gasteiger charge is 2.40. The number of piperidine rings is 1. The molecule has 0 bridgehead atoms. The van der Waals surface area contributed by atoms with Gasteiger partial charge in [0.25, 0.3) is 11.8 Å². The van der Waals surface area contributed by atoms with Gasteiger partial charge in [-0.2, -0.15) is 0 Å². The minimum absolute atomic E-state index is 0.129. The molecule has 0 aliphatic carbocycles. The molecule has 0 unspecified atom stereocenters. The summed E-state index contributed by atoms with van der Waals surface area (Å²) in [6.07, 6.45) is 3.69. The highest BCUT2D eigenvalue weighted by molar-refractivity contribution is 6.36. The second-order valence-electron chi connectivity index (χ2n) is 9.08. The monoisotopic (exact) mass is 479 g/mol. The van der Waals surface area contributed by atoms with Crippen molar-refractivity contribution in [2.75, 3.05) is 50.7 Å². The molecule has 2 aliphatic rings. The minimum Gasteiger partial charge on any atom is -0.493 e. The summed E-state index contributed by atoms with van der Waals surface area (Å²) in [6.45, 7) is 4.13. The number of unbranched alkanes of at least 4 members (excludes halogenated alkanes) is 1.